The lowest BCUT2D eigenvalue weighted by Gasteiger charge is -2.33. The Balaban J connectivity index is 1.38. The first kappa shape index (κ1) is 20.3. The molecule has 3 aromatic heterocycles. The van der Waals surface area contributed by atoms with Crippen LogP contribution in [0, 0.1) is 6.92 Å². The number of aromatic nitrogens is 3. The van der Waals surface area contributed by atoms with Gasteiger partial charge in [-0.3, -0.25) is 9.47 Å². The highest BCUT2D eigenvalue weighted by Crippen LogP contribution is 2.24. The number of hydrogen-bond acceptors (Lipinski definition) is 6. The predicted molar refractivity (Wildman–Crippen MR) is 122 cm³/mol. The van der Waals surface area contributed by atoms with E-state index in [4.69, 9.17) is 4.98 Å². The maximum atomic E-state index is 12.8. The zero-order valence-electron chi connectivity index (χ0n) is 17.2. The molecule has 1 fully saturated rings. The van der Waals surface area contributed by atoms with E-state index >= 15 is 0 Å². The third kappa shape index (κ3) is 3.89. The Morgan fingerprint density at radius 1 is 1.00 bits per heavy atom. The molecule has 4 aromatic rings. The second kappa shape index (κ2) is 8.16. The lowest BCUT2D eigenvalue weighted by atomic mass is 10.2. The number of nitrogens with zero attached hydrogens (tertiary/aromatic N) is 5. The maximum absolute atomic E-state index is 12.8. The fraction of sp³-hybridized carbons (Fsp3) is 0.273. The van der Waals surface area contributed by atoms with Crippen LogP contribution in [-0.4, -0.2) is 58.3 Å². The number of thiophene rings is 1. The van der Waals surface area contributed by atoms with Crippen LogP contribution in [0.5, 0.6) is 0 Å². The number of imidazole rings is 1. The predicted octanol–water partition coefficient (Wildman–Crippen LogP) is 3.30. The molecule has 0 amide bonds. The van der Waals surface area contributed by atoms with Gasteiger partial charge in [0.15, 0.2) is 5.65 Å². The van der Waals surface area contributed by atoms with Crippen molar-refractivity contribution >= 4 is 32.5 Å². The Kier molecular flexibility index (Phi) is 5.35. The fourth-order valence-electron chi connectivity index (χ4n) is 3.90. The van der Waals surface area contributed by atoms with Gasteiger partial charge in [0.2, 0.25) is 0 Å². The number of pyridine rings is 1. The van der Waals surface area contributed by atoms with Crippen LogP contribution in [0.15, 0.2) is 64.3 Å². The molecule has 0 saturated carbocycles. The molecule has 1 aliphatic rings. The minimum absolute atomic E-state index is 0.410. The van der Waals surface area contributed by atoms with Crippen LogP contribution < -0.4 is 0 Å². The fourth-order valence-corrected chi connectivity index (χ4v) is 6.46. The Hall–Kier alpha value is -2.59. The van der Waals surface area contributed by atoms with Gasteiger partial charge >= 0.3 is 0 Å². The number of sulfonamides is 1. The summed E-state index contributed by atoms with van der Waals surface area (Å²) in [5.74, 6) is 0.909. The molecule has 1 saturated heterocycles. The van der Waals surface area contributed by atoms with Gasteiger partial charge in [0.05, 0.1) is 6.54 Å². The van der Waals surface area contributed by atoms with Gasteiger partial charge in [-0.1, -0.05) is 23.8 Å². The van der Waals surface area contributed by atoms with Gasteiger partial charge in [-0.2, -0.15) is 4.31 Å². The number of aryl methyl sites for hydroxylation is 1. The molecular formula is C22H23N5O2S2. The molecule has 0 aliphatic carbocycles. The number of rotatable bonds is 5. The third-order valence-electron chi connectivity index (χ3n) is 5.56. The molecule has 0 bridgehead atoms. The summed E-state index contributed by atoms with van der Waals surface area (Å²) in [7, 11) is -3.40. The Morgan fingerprint density at radius 2 is 1.77 bits per heavy atom. The van der Waals surface area contributed by atoms with Crippen LogP contribution >= 0.6 is 11.3 Å². The van der Waals surface area contributed by atoms with Gasteiger partial charge in [0, 0.05) is 38.1 Å². The quantitative estimate of drug-likeness (QED) is 0.464. The van der Waals surface area contributed by atoms with Crippen LogP contribution in [0.2, 0.25) is 0 Å². The lowest BCUT2D eigenvalue weighted by Crippen LogP contribution is -2.48. The molecule has 5 rings (SSSR count). The molecule has 4 heterocycles. The van der Waals surface area contributed by atoms with Crippen molar-refractivity contribution in [3.8, 4) is 5.69 Å². The summed E-state index contributed by atoms with van der Waals surface area (Å²) in [6.07, 6.45) is 1.78. The summed E-state index contributed by atoms with van der Waals surface area (Å²) < 4.78 is 29.7. The van der Waals surface area contributed by atoms with E-state index in [-0.39, 0.29) is 0 Å². The summed E-state index contributed by atoms with van der Waals surface area (Å²) in [4.78, 5) is 11.7. The van der Waals surface area contributed by atoms with E-state index in [9.17, 15) is 8.42 Å². The second-order valence-corrected chi connectivity index (χ2v) is 10.8. The molecule has 0 unspecified atom stereocenters. The molecule has 31 heavy (non-hydrogen) atoms. The number of benzene rings is 1. The molecule has 160 valence electrons. The largest absolute Gasteiger partial charge is 0.293 e. The van der Waals surface area contributed by atoms with Gasteiger partial charge in [-0.05, 0) is 42.6 Å². The molecule has 1 aliphatic heterocycles. The van der Waals surface area contributed by atoms with E-state index in [0.29, 0.717) is 36.9 Å². The van der Waals surface area contributed by atoms with E-state index in [1.165, 1.54) is 16.9 Å². The average Bonchev–Trinajstić information content (AvgIpc) is 3.43. The van der Waals surface area contributed by atoms with Crippen LogP contribution in [0.3, 0.4) is 0 Å². The second-order valence-electron chi connectivity index (χ2n) is 7.66. The molecule has 0 N–H and O–H groups in total. The van der Waals surface area contributed by atoms with Crippen molar-refractivity contribution in [2.24, 2.45) is 0 Å². The molecule has 9 heteroatoms. The van der Waals surface area contributed by atoms with Crippen LogP contribution in [0.4, 0.5) is 0 Å². The zero-order chi connectivity index (χ0) is 21.4. The molecule has 0 spiro atoms. The highest BCUT2D eigenvalue weighted by atomic mass is 32.2. The van der Waals surface area contributed by atoms with E-state index in [1.807, 2.05) is 12.1 Å². The third-order valence-corrected chi connectivity index (χ3v) is 8.83. The molecule has 7 nitrogen and oxygen atoms in total. The normalized spacial score (nSPS) is 16.2. The molecule has 0 atom stereocenters. The standard InChI is InChI=1S/C22H23N5O2S2/c1-17-6-8-18(9-7-17)27-20(24-19-4-2-10-23-22(19)27)16-25-11-13-26(14-12-25)31(28,29)21-5-3-15-30-21/h2-10,15H,11-14,16H2,1H3. The van der Waals surface area contributed by atoms with E-state index in [1.54, 1.807) is 28.0 Å². The van der Waals surface area contributed by atoms with Crippen molar-refractivity contribution in [2.45, 2.75) is 17.7 Å². The van der Waals surface area contributed by atoms with E-state index < -0.39 is 10.0 Å². The first-order valence-corrected chi connectivity index (χ1v) is 12.5. The van der Waals surface area contributed by atoms with Crippen LogP contribution in [0.1, 0.15) is 11.4 Å². The van der Waals surface area contributed by atoms with Crippen molar-refractivity contribution in [1.82, 2.24) is 23.7 Å². The molecule has 0 radical (unpaired) electrons. The summed E-state index contributed by atoms with van der Waals surface area (Å²) in [5.41, 5.74) is 3.92. The van der Waals surface area contributed by atoms with Crippen molar-refractivity contribution in [3.05, 3.63) is 71.5 Å². The zero-order valence-corrected chi connectivity index (χ0v) is 18.8. The van der Waals surface area contributed by atoms with Gasteiger partial charge in [0.25, 0.3) is 10.0 Å². The van der Waals surface area contributed by atoms with Gasteiger partial charge in [0.1, 0.15) is 15.6 Å². The smallest absolute Gasteiger partial charge is 0.252 e. The highest BCUT2D eigenvalue weighted by Gasteiger charge is 2.29. The van der Waals surface area contributed by atoms with E-state index in [2.05, 4.69) is 45.6 Å². The number of hydrogen-bond donors (Lipinski definition) is 0. The minimum Gasteiger partial charge on any atom is -0.293 e. The first-order valence-electron chi connectivity index (χ1n) is 10.2. The van der Waals surface area contributed by atoms with Gasteiger partial charge in [-0.15, -0.1) is 11.3 Å². The topological polar surface area (TPSA) is 71.3 Å². The van der Waals surface area contributed by atoms with Gasteiger partial charge < -0.3 is 0 Å². The molecular weight excluding hydrogens is 430 g/mol. The minimum atomic E-state index is -3.40. The number of piperazine rings is 1. The Morgan fingerprint density at radius 3 is 2.48 bits per heavy atom. The van der Waals surface area contributed by atoms with Crippen LogP contribution in [-0.2, 0) is 16.6 Å². The summed E-state index contributed by atoms with van der Waals surface area (Å²) in [6, 6.07) is 15.7. The summed E-state index contributed by atoms with van der Waals surface area (Å²) in [5, 5.41) is 1.80. The van der Waals surface area contributed by atoms with Gasteiger partial charge in [-0.25, -0.2) is 18.4 Å². The average molecular weight is 454 g/mol. The van der Waals surface area contributed by atoms with Crippen LogP contribution in [0.25, 0.3) is 16.9 Å². The Labute approximate surface area is 185 Å². The van der Waals surface area contributed by atoms with E-state index in [0.717, 1.165) is 22.7 Å². The Bertz CT molecular complexity index is 1290. The number of fused-ring (bicyclic) bond motifs is 1. The van der Waals surface area contributed by atoms with Crippen molar-refractivity contribution in [2.75, 3.05) is 26.2 Å². The maximum Gasteiger partial charge on any atom is 0.252 e. The SMILES string of the molecule is Cc1ccc(-n2c(CN3CCN(S(=O)(=O)c4cccs4)CC3)nc3cccnc32)cc1. The first-order chi connectivity index (χ1) is 15.0. The monoisotopic (exact) mass is 453 g/mol. The molecule has 1 aromatic carbocycles. The summed E-state index contributed by atoms with van der Waals surface area (Å²) in [6.45, 7) is 4.98. The lowest BCUT2D eigenvalue weighted by molar-refractivity contribution is 0.178. The van der Waals surface area contributed by atoms with Crippen molar-refractivity contribution in [1.29, 1.82) is 0 Å². The van der Waals surface area contributed by atoms with Crippen molar-refractivity contribution < 1.29 is 8.42 Å². The van der Waals surface area contributed by atoms with Crippen molar-refractivity contribution in [3.63, 3.8) is 0 Å². The summed E-state index contributed by atoms with van der Waals surface area (Å²) >= 11 is 1.27. The highest BCUT2D eigenvalue weighted by molar-refractivity contribution is 7.91.